The van der Waals surface area contributed by atoms with Crippen LogP contribution in [-0.2, 0) is 0 Å². The molecule has 90 valence electrons. The van der Waals surface area contributed by atoms with E-state index in [2.05, 4.69) is 40.3 Å². The Kier molecular flexibility index (Phi) is 5.83. The van der Waals surface area contributed by atoms with Crippen LogP contribution in [0.25, 0.3) is 0 Å². The van der Waals surface area contributed by atoms with Crippen molar-refractivity contribution in [3.63, 3.8) is 0 Å². The summed E-state index contributed by atoms with van der Waals surface area (Å²) in [5.41, 5.74) is -0.207. The summed E-state index contributed by atoms with van der Waals surface area (Å²) in [7, 11) is 0. The Balaban J connectivity index is 2.55. The number of aliphatic hydroxyl groups is 1. The maximum Gasteiger partial charge on any atom is 0.0618 e. The molecule has 0 fully saturated rings. The summed E-state index contributed by atoms with van der Waals surface area (Å²) < 4.78 is 1.09. The van der Waals surface area contributed by atoms with Gasteiger partial charge >= 0.3 is 0 Å². The van der Waals surface area contributed by atoms with Gasteiger partial charge in [-0.05, 0) is 31.7 Å². The molecule has 0 aliphatic carbocycles. The fraction of sp³-hybridized carbons (Fsp3) is 0.500. The lowest BCUT2D eigenvalue weighted by atomic mass is 10.1. The van der Waals surface area contributed by atoms with Crippen LogP contribution in [0.3, 0.4) is 0 Å². The lowest BCUT2D eigenvalue weighted by Gasteiger charge is -2.27. The SMILES string of the molecule is CCNC(C)(CO)CSc1cccc(Br)c1. The minimum Gasteiger partial charge on any atom is -0.394 e. The highest BCUT2D eigenvalue weighted by Crippen LogP contribution is 2.25. The summed E-state index contributed by atoms with van der Waals surface area (Å²) in [5.74, 6) is 0.855. The summed E-state index contributed by atoms with van der Waals surface area (Å²) in [6, 6.07) is 8.21. The van der Waals surface area contributed by atoms with Crippen LogP contribution >= 0.6 is 27.7 Å². The first kappa shape index (κ1) is 14.0. The zero-order valence-corrected chi connectivity index (χ0v) is 12.1. The molecular formula is C12H18BrNOS. The maximum atomic E-state index is 9.36. The van der Waals surface area contributed by atoms with Crippen molar-refractivity contribution < 1.29 is 5.11 Å². The van der Waals surface area contributed by atoms with Gasteiger partial charge in [0.1, 0.15) is 0 Å². The third-order valence-electron chi connectivity index (χ3n) is 2.31. The molecule has 1 aromatic carbocycles. The fourth-order valence-corrected chi connectivity index (χ4v) is 2.99. The highest BCUT2D eigenvalue weighted by molar-refractivity contribution is 9.10. The Morgan fingerprint density at radius 1 is 1.50 bits per heavy atom. The molecular weight excluding hydrogens is 286 g/mol. The number of rotatable bonds is 6. The molecule has 2 N–H and O–H groups in total. The molecule has 0 aliphatic heterocycles. The van der Waals surface area contributed by atoms with Gasteiger partial charge in [0.25, 0.3) is 0 Å². The number of thioether (sulfide) groups is 1. The van der Waals surface area contributed by atoms with Crippen LogP contribution in [0.1, 0.15) is 13.8 Å². The summed E-state index contributed by atoms with van der Waals surface area (Å²) >= 11 is 5.21. The lowest BCUT2D eigenvalue weighted by Crippen LogP contribution is -2.47. The van der Waals surface area contributed by atoms with Gasteiger partial charge in [0.2, 0.25) is 0 Å². The topological polar surface area (TPSA) is 32.3 Å². The van der Waals surface area contributed by atoms with Crippen LogP contribution in [0.15, 0.2) is 33.6 Å². The third kappa shape index (κ3) is 4.45. The van der Waals surface area contributed by atoms with Crippen molar-refractivity contribution in [2.75, 3.05) is 18.9 Å². The van der Waals surface area contributed by atoms with Gasteiger partial charge in [0.15, 0.2) is 0 Å². The highest BCUT2D eigenvalue weighted by Gasteiger charge is 2.21. The molecule has 16 heavy (non-hydrogen) atoms. The Bertz CT molecular complexity index is 335. The lowest BCUT2D eigenvalue weighted by molar-refractivity contribution is 0.194. The molecule has 0 spiro atoms. The van der Waals surface area contributed by atoms with Crippen molar-refractivity contribution in [3.8, 4) is 0 Å². The van der Waals surface area contributed by atoms with E-state index in [1.165, 1.54) is 4.90 Å². The predicted molar refractivity (Wildman–Crippen MR) is 74.0 cm³/mol. The van der Waals surface area contributed by atoms with E-state index < -0.39 is 0 Å². The van der Waals surface area contributed by atoms with Crippen LogP contribution in [0, 0.1) is 0 Å². The molecule has 1 rings (SSSR count). The first-order chi connectivity index (χ1) is 7.59. The van der Waals surface area contributed by atoms with Crippen LogP contribution in [-0.4, -0.2) is 29.5 Å². The predicted octanol–water partition coefficient (Wildman–Crippen LogP) is 2.90. The van der Waals surface area contributed by atoms with Crippen LogP contribution in [0.5, 0.6) is 0 Å². The van der Waals surface area contributed by atoms with E-state index in [4.69, 9.17) is 0 Å². The van der Waals surface area contributed by atoms with Gasteiger partial charge in [-0.15, -0.1) is 11.8 Å². The van der Waals surface area contributed by atoms with E-state index in [0.29, 0.717) is 0 Å². The van der Waals surface area contributed by atoms with Crippen molar-refractivity contribution >= 4 is 27.7 Å². The third-order valence-corrected chi connectivity index (χ3v) is 4.17. The van der Waals surface area contributed by atoms with Crippen molar-refractivity contribution in [2.24, 2.45) is 0 Å². The Hall–Kier alpha value is -0.0300. The molecule has 2 nitrogen and oxygen atoms in total. The number of aliphatic hydroxyl groups excluding tert-OH is 1. The Morgan fingerprint density at radius 2 is 2.25 bits per heavy atom. The molecule has 0 aliphatic rings. The van der Waals surface area contributed by atoms with E-state index in [9.17, 15) is 5.11 Å². The average molecular weight is 304 g/mol. The maximum absolute atomic E-state index is 9.36. The second-order valence-corrected chi connectivity index (χ2v) is 5.96. The molecule has 0 saturated carbocycles. The number of nitrogens with one attached hydrogen (secondary N) is 1. The first-order valence-corrected chi connectivity index (χ1v) is 7.12. The standard InChI is InChI=1S/C12H18BrNOS/c1-3-14-12(2,8-15)9-16-11-6-4-5-10(13)7-11/h4-7,14-15H,3,8-9H2,1-2H3. The van der Waals surface area contributed by atoms with Crippen molar-refractivity contribution in [1.82, 2.24) is 5.32 Å². The van der Waals surface area contributed by atoms with Gasteiger partial charge in [0, 0.05) is 20.7 Å². The minimum atomic E-state index is -0.207. The molecule has 1 aromatic rings. The van der Waals surface area contributed by atoms with Gasteiger partial charge in [-0.25, -0.2) is 0 Å². The number of benzene rings is 1. The highest BCUT2D eigenvalue weighted by atomic mass is 79.9. The number of likely N-dealkylation sites (N-methyl/N-ethyl adjacent to an activating group) is 1. The first-order valence-electron chi connectivity index (χ1n) is 5.34. The number of hydrogen-bond donors (Lipinski definition) is 2. The van der Waals surface area contributed by atoms with Gasteiger partial charge in [0.05, 0.1) is 6.61 Å². The smallest absolute Gasteiger partial charge is 0.0618 e. The van der Waals surface area contributed by atoms with Gasteiger partial charge < -0.3 is 10.4 Å². The minimum absolute atomic E-state index is 0.155. The van der Waals surface area contributed by atoms with Crippen molar-refractivity contribution in [2.45, 2.75) is 24.3 Å². The second kappa shape index (κ2) is 6.64. The van der Waals surface area contributed by atoms with Crippen LogP contribution in [0.4, 0.5) is 0 Å². The summed E-state index contributed by atoms with van der Waals surface area (Å²) in [4.78, 5) is 1.21. The summed E-state index contributed by atoms with van der Waals surface area (Å²) in [6.07, 6.45) is 0. The average Bonchev–Trinajstić information content (AvgIpc) is 2.27. The number of hydrogen-bond acceptors (Lipinski definition) is 3. The van der Waals surface area contributed by atoms with Crippen molar-refractivity contribution in [1.29, 1.82) is 0 Å². The van der Waals surface area contributed by atoms with Gasteiger partial charge in [-0.1, -0.05) is 28.9 Å². The molecule has 0 heterocycles. The fourth-order valence-electron chi connectivity index (χ4n) is 1.38. The molecule has 0 saturated heterocycles. The molecule has 4 heteroatoms. The molecule has 0 bridgehead atoms. The Labute approximate surface area is 110 Å². The zero-order chi connectivity index (χ0) is 12.0. The van der Waals surface area contributed by atoms with Crippen molar-refractivity contribution in [3.05, 3.63) is 28.7 Å². The Morgan fingerprint density at radius 3 is 2.81 bits per heavy atom. The number of halogens is 1. The quantitative estimate of drug-likeness (QED) is 0.793. The molecule has 1 atom stereocenters. The zero-order valence-electron chi connectivity index (χ0n) is 9.66. The van der Waals surface area contributed by atoms with Crippen LogP contribution in [0.2, 0.25) is 0 Å². The summed E-state index contributed by atoms with van der Waals surface area (Å²) in [6.45, 7) is 5.12. The van der Waals surface area contributed by atoms with Gasteiger partial charge in [-0.3, -0.25) is 0 Å². The molecule has 0 aromatic heterocycles. The second-order valence-electron chi connectivity index (χ2n) is 4.00. The van der Waals surface area contributed by atoms with E-state index in [-0.39, 0.29) is 12.1 Å². The molecule has 1 unspecified atom stereocenters. The van der Waals surface area contributed by atoms with Gasteiger partial charge in [-0.2, -0.15) is 0 Å². The summed E-state index contributed by atoms with van der Waals surface area (Å²) in [5, 5.41) is 12.7. The van der Waals surface area contributed by atoms with E-state index in [1.807, 2.05) is 19.1 Å². The van der Waals surface area contributed by atoms with E-state index in [1.54, 1.807) is 11.8 Å². The van der Waals surface area contributed by atoms with E-state index in [0.717, 1.165) is 16.8 Å². The molecule has 0 radical (unpaired) electrons. The normalized spacial score (nSPS) is 14.8. The molecule has 0 amide bonds. The van der Waals surface area contributed by atoms with E-state index >= 15 is 0 Å². The monoisotopic (exact) mass is 303 g/mol. The largest absolute Gasteiger partial charge is 0.394 e. The van der Waals surface area contributed by atoms with Crippen LogP contribution < -0.4 is 5.32 Å².